The van der Waals surface area contributed by atoms with E-state index in [1.807, 2.05) is 0 Å². The van der Waals surface area contributed by atoms with Gasteiger partial charge in [-0.15, -0.1) is 0 Å². The molecule has 1 heterocycles. The maximum absolute atomic E-state index is 12.7. The number of alkyl halides is 2. The molecule has 0 aliphatic carbocycles. The number of aromatic amines is 1. The number of hydrogen-bond acceptors (Lipinski definition) is 3. The van der Waals surface area contributed by atoms with Crippen LogP contribution in [0.2, 0.25) is 0 Å². The fraction of sp³-hybridized carbons (Fsp3) is 0.400. The average molecular weight is 357 g/mol. The van der Waals surface area contributed by atoms with Crippen molar-refractivity contribution in [2.75, 3.05) is 6.61 Å². The summed E-state index contributed by atoms with van der Waals surface area (Å²) in [6.07, 6.45) is -3.24. The highest BCUT2D eigenvalue weighted by Gasteiger charge is 2.20. The second kappa shape index (κ2) is 6.08. The molecule has 0 bridgehead atoms. The quantitative estimate of drug-likeness (QED) is 0.510. The molecule has 1 aromatic rings. The number of pyridine rings is 1. The molecular formula is C10H10F2INO3. The minimum absolute atomic E-state index is 0.00611. The van der Waals surface area contributed by atoms with Gasteiger partial charge in [-0.1, -0.05) is 0 Å². The van der Waals surface area contributed by atoms with Gasteiger partial charge in [0.25, 0.3) is 12.0 Å². The predicted octanol–water partition coefficient (Wildman–Crippen LogP) is 2.02. The van der Waals surface area contributed by atoms with E-state index in [0.717, 1.165) is 0 Å². The maximum atomic E-state index is 12.7. The van der Waals surface area contributed by atoms with Gasteiger partial charge in [-0.2, -0.15) is 0 Å². The molecule has 1 N–H and O–H groups in total. The number of ether oxygens (including phenoxy) is 1. The summed E-state index contributed by atoms with van der Waals surface area (Å²) in [5.41, 5.74) is -1.53. The van der Waals surface area contributed by atoms with Crippen LogP contribution in [0.3, 0.4) is 0 Å². The van der Waals surface area contributed by atoms with Gasteiger partial charge in [0.15, 0.2) is 0 Å². The van der Waals surface area contributed by atoms with Crippen LogP contribution in [0.1, 0.15) is 24.5 Å². The Bertz CT molecular complexity index is 473. The highest BCUT2D eigenvalue weighted by molar-refractivity contribution is 14.1. The lowest BCUT2D eigenvalue weighted by Crippen LogP contribution is -2.20. The SMILES string of the molecule is CCOC(=O)Cc1cc(I)[nH]c(=O)c1C(F)F. The molecule has 4 nitrogen and oxygen atoms in total. The van der Waals surface area contributed by atoms with Crippen LogP contribution < -0.4 is 5.56 Å². The molecule has 0 aliphatic heterocycles. The number of carbonyl (C=O) groups excluding carboxylic acids is 1. The fourth-order valence-electron chi connectivity index (χ4n) is 1.34. The molecule has 0 aromatic carbocycles. The molecular weight excluding hydrogens is 347 g/mol. The van der Waals surface area contributed by atoms with Gasteiger partial charge < -0.3 is 9.72 Å². The van der Waals surface area contributed by atoms with Gasteiger partial charge >= 0.3 is 5.97 Å². The molecule has 1 aromatic heterocycles. The Morgan fingerprint density at radius 3 is 2.76 bits per heavy atom. The van der Waals surface area contributed by atoms with Gasteiger partial charge in [0.2, 0.25) is 0 Å². The molecule has 0 fully saturated rings. The third-order valence-corrected chi connectivity index (χ3v) is 2.56. The van der Waals surface area contributed by atoms with Gasteiger partial charge in [0, 0.05) is 0 Å². The Labute approximate surface area is 110 Å². The summed E-state index contributed by atoms with van der Waals surface area (Å²) in [7, 11) is 0. The summed E-state index contributed by atoms with van der Waals surface area (Å²) in [6.45, 7) is 1.79. The molecule has 0 atom stereocenters. The van der Waals surface area contributed by atoms with Crippen molar-refractivity contribution in [3.8, 4) is 0 Å². The first-order valence-electron chi connectivity index (χ1n) is 4.81. The van der Waals surface area contributed by atoms with Crippen LogP contribution in [0, 0.1) is 3.70 Å². The van der Waals surface area contributed by atoms with Crippen LogP contribution in [0.5, 0.6) is 0 Å². The Morgan fingerprint density at radius 1 is 1.59 bits per heavy atom. The largest absolute Gasteiger partial charge is 0.466 e. The van der Waals surface area contributed by atoms with Crippen LogP contribution >= 0.6 is 22.6 Å². The van der Waals surface area contributed by atoms with Crippen molar-refractivity contribution in [1.29, 1.82) is 0 Å². The highest BCUT2D eigenvalue weighted by Crippen LogP contribution is 2.20. The van der Waals surface area contributed by atoms with Crippen molar-refractivity contribution < 1.29 is 18.3 Å². The zero-order valence-electron chi connectivity index (χ0n) is 8.93. The Hall–Kier alpha value is -0.990. The third kappa shape index (κ3) is 3.76. The molecule has 1 rings (SSSR count). The average Bonchev–Trinajstić information content (AvgIpc) is 2.15. The lowest BCUT2D eigenvalue weighted by Gasteiger charge is -2.08. The number of aromatic nitrogens is 1. The fourth-order valence-corrected chi connectivity index (χ4v) is 1.96. The van der Waals surface area contributed by atoms with Crippen LogP contribution in [-0.2, 0) is 16.0 Å². The van der Waals surface area contributed by atoms with Crippen molar-refractivity contribution in [2.45, 2.75) is 19.8 Å². The Morgan fingerprint density at radius 2 is 2.24 bits per heavy atom. The summed E-state index contributed by atoms with van der Waals surface area (Å²) < 4.78 is 30.4. The van der Waals surface area contributed by atoms with E-state index in [4.69, 9.17) is 0 Å². The first kappa shape index (κ1) is 14.1. The molecule has 0 spiro atoms. The zero-order valence-corrected chi connectivity index (χ0v) is 11.1. The third-order valence-electron chi connectivity index (χ3n) is 1.98. The number of halogens is 3. The smallest absolute Gasteiger partial charge is 0.310 e. The number of nitrogens with one attached hydrogen (secondary N) is 1. The second-order valence-corrected chi connectivity index (χ2v) is 4.33. The number of hydrogen-bond donors (Lipinski definition) is 1. The lowest BCUT2D eigenvalue weighted by molar-refractivity contribution is -0.142. The van der Waals surface area contributed by atoms with Gasteiger partial charge in [-0.3, -0.25) is 9.59 Å². The Kier molecular flexibility index (Phi) is 5.03. The summed E-state index contributed by atoms with van der Waals surface area (Å²) >= 11 is 1.79. The van der Waals surface area contributed by atoms with Gasteiger partial charge in [0.1, 0.15) is 0 Å². The maximum Gasteiger partial charge on any atom is 0.310 e. The monoisotopic (exact) mass is 357 g/mol. The Balaban J connectivity index is 3.12. The van der Waals surface area contributed by atoms with E-state index >= 15 is 0 Å². The normalized spacial score (nSPS) is 10.6. The number of esters is 1. The molecule has 7 heteroatoms. The van der Waals surface area contributed by atoms with Crippen molar-refractivity contribution >= 4 is 28.6 Å². The first-order valence-corrected chi connectivity index (χ1v) is 5.89. The van der Waals surface area contributed by atoms with Crippen LogP contribution in [0.25, 0.3) is 0 Å². The predicted molar refractivity (Wildman–Crippen MR) is 65.1 cm³/mol. The summed E-state index contributed by atoms with van der Waals surface area (Å²) in [5, 5.41) is 0. The van der Waals surface area contributed by atoms with E-state index in [9.17, 15) is 18.4 Å². The van der Waals surface area contributed by atoms with E-state index in [-0.39, 0.29) is 18.6 Å². The van der Waals surface area contributed by atoms with Gasteiger partial charge in [-0.05, 0) is 41.1 Å². The molecule has 0 saturated carbocycles. The minimum atomic E-state index is -2.92. The second-order valence-electron chi connectivity index (χ2n) is 3.17. The topological polar surface area (TPSA) is 59.2 Å². The standard InChI is InChI=1S/C10H10F2INO3/c1-2-17-7(15)4-5-3-6(13)14-10(16)8(5)9(11)12/h3,9H,2,4H2,1H3,(H,14,16). The van der Waals surface area contributed by atoms with Crippen molar-refractivity contribution in [3.05, 3.63) is 31.2 Å². The van der Waals surface area contributed by atoms with E-state index in [2.05, 4.69) is 9.72 Å². The van der Waals surface area contributed by atoms with Crippen molar-refractivity contribution in [3.63, 3.8) is 0 Å². The van der Waals surface area contributed by atoms with E-state index in [1.54, 1.807) is 29.5 Å². The van der Waals surface area contributed by atoms with Crippen LogP contribution in [0.4, 0.5) is 8.78 Å². The van der Waals surface area contributed by atoms with E-state index in [0.29, 0.717) is 3.70 Å². The number of H-pyrrole nitrogens is 1. The molecule has 94 valence electrons. The van der Waals surface area contributed by atoms with Crippen molar-refractivity contribution in [2.24, 2.45) is 0 Å². The van der Waals surface area contributed by atoms with Crippen LogP contribution in [0.15, 0.2) is 10.9 Å². The lowest BCUT2D eigenvalue weighted by atomic mass is 10.1. The van der Waals surface area contributed by atoms with Gasteiger partial charge in [0.05, 0.1) is 22.3 Å². The van der Waals surface area contributed by atoms with E-state index < -0.39 is 23.5 Å². The molecule has 0 aliphatic rings. The first-order chi connectivity index (χ1) is 7.95. The summed E-state index contributed by atoms with van der Waals surface area (Å²) in [4.78, 5) is 24.8. The zero-order chi connectivity index (χ0) is 13.0. The molecule has 0 unspecified atom stereocenters. The van der Waals surface area contributed by atoms with E-state index in [1.165, 1.54) is 6.07 Å². The molecule has 0 saturated heterocycles. The molecule has 0 radical (unpaired) electrons. The summed E-state index contributed by atoms with van der Waals surface area (Å²) in [5.74, 6) is -0.629. The molecule has 0 amide bonds. The molecule has 17 heavy (non-hydrogen) atoms. The highest BCUT2D eigenvalue weighted by atomic mass is 127. The summed E-state index contributed by atoms with van der Waals surface area (Å²) in [6, 6.07) is 1.35. The minimum Gasteiger partial charge on any atom is -0.466 e. The number of carbonyl (C=O) groups is 1. The van der Waals surface area contributed by atoms with Gasteiger partial charge in [-0.25, -0.2) is 8.78 Å². The van der Waals surface area contributed by atoms with Crippen molar-refractivity contribution in [1.82, 2.24) is 4.98 Å². The van der Waals surface area contributed by atoms with Crippen LogP contribution in [-0.4, -0.2) is 17.6 Å². The number of rotatable bonds is 4.